The van der Waals surface area contributed by atoms with E-state index in [1.165, 1.54) is 70.6 Å². The van der Waals surface area contributed by atoms with Crippen LogP contribution in [0.1, 0.15) is 129 Å². The second kappa shape index (κ2) is 20.2. The predicted octanol–water partition coefficient (Wildman–Crippen LogP) is 7.26. The van der Waals surface area contributed by atoms with Crippen molar-refractivity contribution in [2.45, 2.75) is 129 Å². The van der Waals surface area contributed by atoms with Crippen LogP contribution in [0, 0.1) is 0 Å². The van der Waals surface area contributed by atoms with Gasteiger partial charge in [0.1, 0.15) is 5.94 Å². The number of rotatable bonds is 20. The monoisotopic (exact) mass is 366 g/mol. The highest BCUT2D eigenvalue weighted by Gasteiger charge is 2.01. The third-order valence-corrected chi connectivity index (χ3v) is 5.10. The number of allylic oxidation sites excluding steroid dienone is 1. The van der Waals surface area contributed by atoms with Crippen LogP contribution in [-0.2, 0) is 9.59 Å². The highest BCUT2D eigenvalue weighted by atomic mass is 16.4. The summed E-state index contributed by atoms with van der Waals surface area (Å²) in [6.45, 7) is 2.24. The van der Waals surface area contributed by atoms with Crippen LogP contribution in [0.5, 0.6) is 0 Å². The highest BCUT2D eigenvalue weighted by molar-refractivity contribution is 5.66. The summed E-state index contributed by atoms with van der Waals surface area (Å²) in [5.74, 6) is 1.50. The van der Waals surface area contributed by atoms with Crippen LogP contribution in [0.15, 0.2) is 5.57 Å². The number of hydrogen-bond acceptors (Lipinski definition) is 2. The smallest absolute Gasteiger partial charge is 0.303 e. The Kier molecular flexibility index (Phi) is 19.4. The second-order valence-electron chi connectivity index (χ2n) is 7.65. The molecule has 0 unspecified atom stereocenters. The fourth-order valence-electron chi connectivity index (χ4n) is 3.37. The van der Waals surface area contributed by atoms with Crippen molar-refractivity contribution in [2.24, 2.45) is 0 Å². The lowest BCUT2D eigenvalue weighted by molar-refractivity contribution is -0.137. The predicted molar refractivity (Wildman–Crippen MR) is 110 cm³/mol. The van der Waals surface area contributed by atoms with E-state index in [9.17, 15) is 9.59 Å². The second-order valence-corrected chi connectivity index (χ2v) is 7.65. The molecule has 0 rings (SSSR count). The molecule has 0 heterocycles. The van der Waals surface area contributed by atoms with Crippen LogP contribution in [0.3, 0.4) is 0 Å². The van der Waals surface area contributed by atoms with Gasteiger partial charge in [0, 0.05) is 12.0 Å². The Hall–Kier alpha value is -1.08. The van der Waals surface area contributed by atoms with Crippen molar-refractivity contribution in [3.63, 3.8) is 0 Å². The Morgan fingerprint density at radius 1 is 0.615 bits per heavy atom. The molecule has 0 saturated heterocycles. The number of unbranched alkanes of at least 4 members (excludes halogenated alkanes) is 14. The van der Waals surface area contributed by atoms with E-state index in [2.05, 4.69) is 12.9 Å². The lowest BCUT2D eigenvalue weighted by atomic mass is 10.0. The Morgan fingerprint density at radius 2 is 0.962 bits per heavy atom. The maximum atomic E-state index is 11.0. The van der Waals surface area contributed by atoms with Gasteiger partial charge in [-0.25, -0.2) is 4.79 Å². The van der Waals surface area contributed by atoms with Crippen molar-refractivity contribution in [1.82, 2.24) is 0 Å². The summed E-state index contributed by atoms with van der Waals surface area (Å²) in [6.07, 6.45) is 21.6. The van der Waals surface area contributed by atoms with Crippen LogP contribution in [0.25, 0.3) is 0 Å². The van der Waals surface area contributed by atoms with E-state index in [0.29, 0.717) is 6.42 Å². The molecule has 3 nitrogen and oxygen atoms in total. The fraction of sp³-hybridized carbons (Fsp3) is 0.870. The van der Waals surface area contributed by atoms with E-state index >= 15 is 0 Å². The lowest BCUT2D eigenvalue weighted by Gasteiger charge is -2.05. The Morgan fingerprint density at radius 3 is 1.31 bits per heavy atom. The van der Waals surface area contributed by atoms with E-state index < -0.39 is 5.97 Å². The summed E-state index contributed by atoms with van der Waals surface area (Å²) < 4.78 is 0. The van der Waals surface area contributed by atoms with Gasteiger partial charge in [0.05, 0.1) is 0 Å². The van der Waals surface area contributed by atoms with E-state index in [1.54, 1.807) is 0 Å². The Bertz CT molecular complexity index is 370. The number of carboxylic acid groups (broad SMARTS) is 1. The van der Waals surface area contributed by atoms with Crippen molar-refractivity contribution in [3.8, 4) is 0 Å². The molecule has 0 bridgehead atoms. The molecule has 0 amide bonds. The molecule has 1 N–H and O–H groups in total. The molecule has 0 radical (unpaired) electrons. The molecule has 0 aromatic heterocycles. The first-order valence-electron chi connectivity index (χ1n) is 11.1. The van der Waals surface area contributed by atoms with Crippen molar-refractivity contribution in [2.75, 3.05) is 0 Å². The highest BCUT2D eigenvalue weighted by Crippen LogP contribution is 2.17. The fourth-order valence-corrected chi connectivity index (χ4v) is 3.37. The number of aliphatic carboxylic acids is 1. The Labute approximate surface area is 161 Å². The molecule has 26 heavy (non-hydrogen) atoms. The van der Waals surface area contributed by atoms with Gasteiger partial charge in [0.2, 0.25) is 0 Å². The minimum absolute atomic E-state index is 0.311. The minimum atomic E-state index is -0.680. The van der Waals surface area contributed by atoms with Gasteiger partial charge in [-0.1, -0.05) is 90.4 Å². The number of carbonyl (C=O) groups excluding carboxylic acids is 1. The average Bonchev–Trinajstić information content (AvgIpc) is 2.63. The van der Waals surface area contributed by atoms with Crippen molar-refractivity contribution >= 4 is 11.9 Å². The summed E-state index contributed by atoms with van der Waals surface area (Å²) in [5, 5.41) is 8.57. The van der Waals surface area contributed by atoms with Crippen LogP contribution >= 0.6 is 0 Å². The first kappa shape index (κ1) is 24.9. The molecule has 0 spiro atoms. The van der Waals surface area contributed by atoms with E-state index in [-0.39, 0.29) is 0 Å². The number of carbonyl (C=O) groups is 1. The van der Waals surface area contributed by atoms with Gasteiger partial charge in [-0.3, -0.25) is 4.79 Å². The maximum Gasteiger partial charge on any atom is 0.303 e. The van der Waals surface area contributed by atoms with Crippen molar-refractivity contribution in [1.29, 1.82) is 0 Å². The normalized spacial score (nSPS) is 10.7. The van der Waals surface area contributed by atoms with Crippen LogP contribution < -0.4 is 0 Å². The van der Waals surface area contributed by atoms with Crippen molar-refractivity contribution in [3.05, 3.63) is 5.57 Å². The van der Waals surface area contributed by atoms with Gasteiger partial charge >= 0.3 is 5.97 Å². The number of hydrogen-bond donors (Lipinski definition) is 1. The third-order valence-electron chi connectivity index (χ3n) is 5.10. The summed E-state index contributed by atoms with van der Waals surface area (Å²) in [4.78, 5) is 21.4. The molecular formula is C23H42O3. The quantitative estimate of drug-likeness (QED) is 0.182. The van der Waals surface area contributed by atoms with E-state index in [0.717, 1.165) is 50.5 Å². The summed E-state index contributed by atoms with van der Waals surface area (Å²) in [6, 6.07) is 0. The largest absolute Gasteiger partial charge is 0.481 e. The third kappa shape index (κ3) is 19.2. The van der Waals surface area contributed by atoms with E-state index in [4.69, 9.17) is 5.11 Å². The molecule has 0 aliphatic heterocycles. The van der Waals surface area contributed by atoms with Crippen LogP contribution in [0.2, 0.25) is 0 Å². The molecule has 0 aromatic carbocycles. The van der Waals surface area contributed by atoms with Gasteiger partial charge in [0.15, 0.2) is 0 Å². The number of carboxylic acids is 1. The zero-order chi connectivity index (χ0) is 19.3. The van der Waals surface area contributed by atoms with Crippen LogP contribution in [-0.4, -0.2) is 17.0 Å². The zero-order valence-corrected chi connectivity index (χ0v) is 17.2. The van der Waals surface area contributed by atoms with Gasteiger partial charge in [-0.05, 0) is 32.1 Å². The molecule has 0 aliphatic rings. The van der Waals surface area contributed by atoms with Crippen molar-refractivity contribution < 1.29 is 14.7 Å². The first-order valence-corrected chi connectivity index (χ1v) is 11.1. The summed E-state index contributed by atoms with van der Waals surface area (Å²) in [7, 11) is 0. The summed E-state index contributed by atoms with van der Waals surface area (Å²) in [5.41, 5.74) is 0.997. The maximum absolute atomic E-state index is 11.0. The zero-order valence-electron chi connectivity index (χ0n) is 17.2. The first-order chi connectivity index (χ1) is 12.7. The van der Waals surface area contributed by atoms with Crippen LogP contribution in [0.4, 0.5) is 0 Å². The average molecular weight is 367 g/mol. The molecular weight excluding hydrogens is 324 g/mol. The topological polar surface area (TPSA) is 54.4 Å². The molecule has 0 saturated carbocycles. The van der Waals surface area contributed by atoms with Gasteiger partial charge in [-0.2, -0.15) is 0 Å². The van der Waals surface area contributed by atoms with Gasteiger partial charge in [0.25, 0.3) is 0 Å². The standard InChI is InChI=1S/C23H42O3/c1-2-3-4-5-9-12-15-18-22(21-24)19-16-13-10-7-6-8-11-14-17-20-23(25)26/h2-20H2,1H3,(H,25,26). The SMILES string of the molecule is CCCCCCCCCC(=C=O)CCCCCCCCCCCC(=O)O. The molecule has 0 aromatic rings. The molecule has 0 atom stereocenters. The molecule has 152 valence electrons. The molecule has 3 heteroatoms. The van der Waals surface area contributed by atoms with Gasteiger partial charge < -0.3 is 5.11 Å². The van der Waals surface area contributed by atoms with E-state index in [1.807, 2.05) is 0 Å². The van der Waals surface area contributed by atoms with Gasteiger partial charge in [-0.15, -0.1) is 0 Å². The molecule has 0 fully saturated rings. The Balaban J connectivity index is 3.34. The lowest BCUT2D eigenvalue weighted by Crippen LogP contribution is -1.93. The minimum Gasteiger partial charge on any atom is -0.481 e. The summed E-state index contributed by atoms with van der Waals surface area (Å²) >= 11 is 0. The molecule has 0 aliphatic carbocycles.